The van der Waals surface area contributed by atoms with Crippen LogP contribution in [0.2, 0.25) is 10.0 Å². The van der Waals surface area contributed by atoms with Crippen LogP contribution in [0.5, 0.6) is 0 Å². The highest BCUT2D eigenvalue weighted by Gasteiger charge is 2.09. The van der Waals surface area contributed by atoms with Gasteiger partial charge in [0.15, 0.2) is 0 Å². The standard InChI is InChI=1S/C14H10Cl2O2/c1-8-4-9(6-10(5-8)14(17)18)12-7-11(15)2-3-13(12)16/h2-7H,1H3,(H,17,18). The molecule has 0 bridgehead atoms. The van der Waals surface area contributed by atoms with E-state index in [-0.39, 0.29) is 5.56 Å². The lowest BCUT2D eigenvalue weighted by Gasteiger charge is -2.08. The molecule has 2 aromatic carbocycles. The Morgan fingerprint density at radius 2 is 1.83 bits per heavy atom. The van der Waals surface area contributed by atoms with Crippen molar-refractivity contribution in [3.05, 3.63) is 57.6 Å². The third-order valence-corrected chi connectivity index (χ3v) is 3.13. The van der Waals surface area contributed by atoms with Crippen LogP contribution < -0.4 is 0 Å². The molecule has 0 fully saturated rings. The van der Waals surface area contributed by atoms with Gasteiger partial charge in [-0.2, -0.15) is 0 Å². The van der Waals surface area contributed by atoms with Gasteiger partial charge in [-0.3, -0.25) is 0 Å². The largest absolute Gasteiger partial charge is 0.478 e. The first kappa shape index (κ1) is 12.9. The van der Waals surface area contributed by atoms with Crippen LogP contribution in [0.3, 0.4) is 0 Å². The van der Waals surface area contributed by atoms with Crippen LogP contribution in [0, 0.1) is 6.92 Å². The Morgan fingerprint density at radius 1 is 1.11 bits per heavy atom. The van der Waals surface area contributed by atoms with Crippen LogP contribution in [0.15, 0.2) is 36.4 Å². The molecule has 0 amide bonds. The minimum absolute atomic E-state index is 0.237. The van der Waals surface area contributed by atoms with Gasteiger partial charge in [-0.1, -0.05) is 29.3 Å². The lowest BCUT2D eigenvalue weighted by molar-refractivity contribution is 0.0697. The molecule has 0 saturated carbocycles. The second-order valence-electron chi connectivity index (χ2n) is 4.02. The number of benzene rings is 2. The molecule has 0 spiro atoms. The number of carboxylic acid groups (broad SMARTS) is 1. The molecular formula is C14H10Cl2O2. The van der Waals surface area contributed by atoms with Crippen molar-refractivity contribution in [2.75, 3.05) is 0 Å². The molecule has 2 aromatic rings. The maximum Gasteiger partial charge on any atom is 0.335 e. The average molecular weight is 281 g/mol. The van der Waals surface area contributed by atoms with E-state index >= 15 is 0 Å². The lowest BCUT2D eigenvalue weighted by Crippen LogP contribution is -1.97. The normalized spacial score (nSPS) is 10.4. The summed E-state index contributed by atoms with van der Waals surface area (Å²) in [5, 5.41) is 10.2. The topological polar surface area (TPSA) is 37.3 Å². The summed E-state index contributed by atoms with van der Waals surface area (Å²) in [7, 11) is 0. The minimum atomic E-state index is -0.960. The molecule has 92 valence electrons. The van der Waals surface area contributed by atoms with Crippen molar-refractivity contribution in [2.24, 2.45) is 0 Å². The molecule has 0 heterocycles. The second-order valence-corrected chi connectivity index (χ2v) is 4.86. The minimum Gasteiger partial charge on any atom is -0.478 e. The van der Waals surface area contributed by atoms with Crippen molar-refractivity contribution in [3.63, 3.8) is 0 Å². The summed E-state index contributed by atoms with van der Waals surface area (Å²) < 4.78 is 0. The van der Waals surface area contributed by atoms with Gasteiger partial charge in [0.2, 0.25) is 0 Å². The van der Waals surface area contributed by atoms with E-state index in [9.17, 15) is 4.79 Å². The Hall–Kier alpha value is -1.51. The second kappa shape index (κ2) is 5.01. The molecule has 1 N–H and O–H groups in total. The van der Waals surface area contributed by atoms with E-state index in [1.54, 1.807) is 30.3 Å². The van der Waals surface area contributed by atoms with E-state index in [1.807, 2.05) is 13.0 Å². The maximum atomic E-state index is 11.0. The summed E-state index contributed by atoms with van der Waals surface area (Å²) >= 11 is 12.0. The molecule has 0 aromatic heterocycles. The Balaban J connectivity index is 2.63. The van der Waals surface area contributed by atoms with E-state index in [0.717, 1.165) is 16.7 Å². The summed E-state index contributed by atoms with van der Waals surface area (Å²) in [4.78, 5) is 11.0. The van der Waals surface area contributed by atoms with Gasteiger partial charge >= 0.3 is 5.97 Å². The molecule has 0 radical (unpaired) electrons. The molecular weight excluding hydrogens is 271 g/mol. The highest BCUT2D eigenvalue weighted by atomic mass is 35.5. The first-order valence-corrected chi connectivity index (χ1v) is 6.03. The Morgan fingerprint density at radius 3 is 2.50 bits per heavy atom. The van der Waals surface area contributed by atoms with Gasteiger partial charge in [-0.15, -0.1) is 0 Å². The summed E-state index contributed by atoms with van der Waals surface area (Å²) in [6, 6.07) is 10.2. The van der Waals surface area contributed by atoms with E-state index in [2.05, 4.69) is 0 Å². The average Bonchev–Trinajstić information content (AvgIpc) is 2.31. The van der Waals surface area contributed by atoms with Gasteiger partial charge in [0.1, 0.15) is 0 Å². The first-order valence-electron chi connectivity index (χ1n) is 5.28. The molecule has 0 aliphatic carbocycles. The molecule has 2 nitrogen and oxygen atoms in total. The predicted octanol–water partition coefficient (Wildman–Crippen LogP) is 4.67. The van der Waals surface area contributed by atoms with E-state index in [0.29, 0.717) is 10.0 Å². The highest BCUT2D eigenvalue weighted by Crippen LogP contribution is 2.31. The van der Waals surface area contributed by atoms with Gasteiger partial charge in [0.05, 0.1) is 5.56 Å². The van der Waals surface area contributed by atoms with Gasteiger partial charge in [0.25, 0.3) is 0 Å². The highest BCUT2D eigenvalue weighted by molar-refractivity contribution is 6.35. The fourth-order valence-corrected chi connectivity index (χ4v) is 2.18. The first-order chi connectivity index (χ1) is 8.47. The molecule has 4 heteroatoms. The summed E-state index contributed by atoms with van der Waals surface area (Å²) in [5.74, 6) is -0.960. The maximum absolute atomic E-state index is 11.0. The Labute approximate surface area is 115 Å². The van der Waals surface area contributed by atoms with Gasteiger partial charge in [-0.25, -0.2) is 4.79 Å². The number of hydrogen-bond donors (Lipinski definition) is 1. The number of carbonyl (C=O) groups is 1. The number of aromatic carboxylic acids is 1. The zero-order chi connectivity index (χ0) is 13.3. The molecule has 2 rings (SSSR count). The molecule has 0 aliphatic heterocycles. The molecule has 0 saturated heterocycles. The van der Waals surface area contributed by atoms with E-state index in [4.69, 9.17) is 28.3 Å². The molecule has 0 aliphatic rings. The number of carboxylic acids is 1. The number of rotatable bonds is 2. The van der Waals surface area contributed by atoms with Gasteiger partial charge in [0, 0.05) is 15.6 Å². The fraction of sp³-hybridized carbons (Fsp3) is 0.0714. The zero-order valence-electron chi connectivity index (χ0n) is 9.58. The Bertz CT molecular complexity index is 621. The van der Waals surface area contributed by atoms with Crippen LogP contribution in [0.1, 0.15) is 15.9 Å². The van der Waals surface area contributed by atoms with Crippen molar-refractivity contribution < 1.29 is 9.90 Å². The number of aryl methyl sites for hydroxylation is 1. The van der Waals surface area contributed by atoms with Crippen LogP contribution in [-0.4, -0.2) is 11.1 Å². The molecule has 0 atom stereocenters. The van der Waals surface area contributed by atoms with Crippen LogP contribution in [-0.2, 0) is 0 Å². The number of hydrogen-bond acceptors (Lipinski definition) is 1. The predicted molar refractivity (Wildman–Crippen MR) is 73.6 cm³/mol. The molecule has 18 heavy (non-hydrogen) atoms. The van der Waals surface area contributed by atoms with Crippen molar-refractivity contribution in [1.29, 1.82) is 0 Å². The SMILES string of the molecule is Cc1cc(C(=O)O)cc(-c2cc(Cl)ccc2Cl)c1. The van der Waals surface area contributed by atoms with Gasteiger partial charge < -0.3 is 5.11 Å². The van der Waals surface area contributed by atoms with Crippen molar-refractivity contribution in [1.82, 2.24) is 0 Å². The van der Waals surface area contributed by atoms with Crippen LogP contribution in [0.25, 0.3) is 11.1 Å². The third-order valence-electron chi connectivity index (χ3n) is 2.56. The Kier molecular flexibility index (Phi) is 3.60. The molecule has 0 unspecified atom stereocenters. The van der Waals surface area contributed by atoms with Crippen molar-refractivity contribution >= 4 is 29.2 Å². The zero-order valence-corrected chi connectivity index (χ0v) is 11.1. The smallest absolute Gasteiger partial charge is 0.335 e. The van der Waals surface area contributed by atoms with Gasteiger partial charge in [-0.05, 0) is 48.4 Å². The van der Waals surface area contributed by atoms with Crippen molar-refractivity contribution in [2.45, 2.75) is 6.92 Å². The monoisotopic (exact) mass is 280 g/mol. The summed E-state index contributed by atoms with van der Waals surface area (Å²) in [5.41, 5.74) is 2.58. The van der Waals surface area contributed by atoms with Crippen molar-refractivity contribution in [3.8, 4) is 11.1 Å². The van der Waals surface area contributed by atoms with Crippen LogP contribution in [0.4, 0.5) is 0 Å². The third kappa shape index (κ3) is 2.66. The number of halogens is 2. The van der Waals surface area contributed by atoms with Crippen LogP contribution >= 0.6 is 23.2 Å². The fourth-order valence-electron chi connectivity index (χ4n) is 1.78. The lowest BCUT2D eigenvalue weighted by atomic mass is 10.0. The summed E-state index contributed by atoms with van der Waals surface area (Å²) in [6.07, 6.45) is 0. The quantitative estimate of drug-likeness (QED) is 0.868. The summed E-state index contributed by atoms with van der Waals surface area (Å²) in [6.45, 7) is 1.84. The van der Waals surface area contributed by atoms with E-state index in [1.165, 1.54) is 0 Å². The van der Waals surface area contributed by atoms with E-state index < -0.39 is 5.97 Å².